The van der Waals surface area contributed by atoms with E-state index < -0.39 is 15.8 Å². The van der Waals surface area contributed by atoms with Crippen LogP contribution in [-0.4, -0.2) is 8.42 Å². The molecule has 112 valence electrons. The fourth-order valence-corrected chi connectivity index (χ4v) is 3.46. The molecule has 0 fully saturated rings. The predicted molar refractivity (Wildman–Crippen MR) is 82.3 cm³/mol. The van der Waals surface area contributed by atoms with Crippen molar-refractivity contribution in [3.63, 3.8) is 0 Å². The number of nitrogens with one attached hydrogen (secondary N) is 1. The van der Waals surface area contributed by atoms with Crippen molar-refractivity contribution in [2.75, 3.05) is 10.5 Å². The molecule has 2 aromatic rings. The molecule has 0 aliphatic rings. The summed E-state index contributed by atoms with van der Waals surface area (Å²) >= 11 is 0. The maximum atomic E-state index is 13.8. The number of benzene rings is 2. The second-order valence-electron chi connectivity index (χ2n) is 5.07. The Labute approximate surface area is 123 Å². The molecule has 0 spiro atoms. The van der Waals surface area contributed by atoms with E-state index >= 15 is 0 Å². The molecule has 0 radical (unpaired) electrons. The molecule has 0 atom stereocenters. The largest absolute Gasteiger partial charge is 0.398 e. The van der Waals surface area contributed by atoms with Crippen LogP contribution in [0.1, 0.15) is 16.7 Å². The van der Waals surface area contributed by atoms with E-state index in [0.717, 1.165) is 5.56 Å². The Morgan fingerprint density at radius 1 is 1.05 bits per heavy atom. The smallest absolute Gasteiger partial charge is 0.262 e. The van der Waals surface area contributed by atoms with Gasteiger partial charge in [0, 0.05) is 5.69 Å². The molecule has 0 aliphatic carbocycles. The summed E-state index contributed by atoms with van der Waals surface area (Å²) in [5, 5.41) is 0. The van der Waals surface area contributed by atoms with Gasteiger partial charge in [0.1, 0.15) is 5.82 Å². The molecule has 6 heteroatoms. The Hall–Kier alpha value is -2.08. The molecule has 0 aromatic heterocycles. The van der Waals surface area contributed by atoms with Gasteiger partial charge in [-0.15, -0.1) is 0 Å². The number of halogens is 1. The average molecular weight is 308 g/mol. The molecule has 0 bridgehead atoms. The third kappa shape index (κ3) is 3.16. The van der Waals surface area contributed by atoms with Gasteiger partial charge in [-0.2, -0.15) is 0 Å². The third-order valence-electron chi connectivity index (χ3n) is 3.20. The lowest BCUT2D eigenvalue weighted by Gasteiger charge is -2.13. The first-order chi connectivity index (χ1) is 9.70. The van der Waals surface area contributed by atoms with Gasteiger partial charge in [0.05, 0.1) is 10.6 Å². The van der Waals surface area contributed by atoms with Crippen LogP contribution in [0.5, 0.6) is 0 Å². The normalized spacial score (nSPS) is 11.4. The fraction of sp³-hybridized carbons (Fsp3) is 0.200. The van der Waals surface area contributed by atoms with Crippen LogP contribution < -0.4 is 10.5 Å². The van der Waals surface area contributed by atoms with Crippen molar-refractivity contribution in [1.82, 2.24) is 0 Å². The molecule has 0 unspecified atom stereocenters. The summed E-state index contributed by atoms with van der Waals surface area (Å²) < 4.78 is 40.9. The lowest BCUT2D eigenvalue weighted by Crippen LogP contribution is -2.16. The summed E-state index contributed by atoms with van der Waals surface area (Å²) in [4.78, 5) is 0.0555. The second kappa shape index (κ2) is 5.37. The van der Waals surface area contributed by atoms with E-state index in [2.05, 4.69) is 4.72 Å². The van der Waals surface area contributed by atoms with E-state index in [4.69, 9.17) is 5.73 Å². The van der Waals surface area contributed by atoms with Crippen LogP contribution in [0.3, 0.4) is 0 Å². The van der Waals surface area contributed by atoms with E-state index in [9.17, 15) is 12.8 Å². The molecule has 0 amide bonds. The number of rotatable bonds is 3. The summed E-state index contributed by atoms with van der Waals surface area (Å²) in [5.41, 5.74) is 7.98. The van der Waals surface area contributed by atoms with Gasteiger partial charge >= 0.3 is 0 Å². The van der Waals surface area contributed by atoms with Gasteiger partial charge in [0.2, 0.25) is 0 Å². The SMILES string of the molecule is Cc1ccc(NS(=O)(=O)c2cc(C)cc(N)c2C)c(F)c1. The van der Waals surface area contributed by atoms with Crippen molar-refractivity contribution < 1.29 is 12.8 Å². The number of sulfonamides is 1. The van der Waals surface area contributed by atoms with Crippen LogP contribution in [0.4, 0.5) is 15.8 Å². The minimum Gasteiger partial charge on any atom is -0.398 e. The molecule has 0 aliphatic heterocycles. The highest BCUT2D eigenvalue weighted by Gasteiger charge is 2.20. The summed E-state index contributed by atoms with van der Waals surface area (Å²) in [5.74, 6) is -0.614. The predicted octanol–water partition coefficient (Wildman–Crippen LogP) is 3.13. The zero-order valence-corrected chi connectivity index (χ0v) is 12.9. The van der Waals surface area contributed by atoms with Gasteiger partial charge in [-0.3, -0.25) is 4.72 Å². The third-order valence-corrected chi connectivity index (χ3v) is 4.69. The molecule has 2 rings (SSSR count). The molecule has 21 heavy (non-hydrogen) atoms. The highest BCUT2D eigenvalue weighted by atomic mass is 32.2. The van der Waals surface area contributed by atoms with Gasteiger partial charge in [0.15, 0.2) is 0 Å². The zero-order chi connectivity index (χ0) is 15.8. The van der Waals surface area contributed by atoms with Crippen LogP contribution >= 0.6 is 0 Å². The number of nitrogens with two attached hydrogens (primary N) is 1. The van der Waals surface area contributed by atoms with E-state index in [-0.39, 0.29) is 10.6 Å². The quantitative estimate of drug-likeness (QED) is 0.856. The summed E-state index contributed by atoms with van der Waals surface area (Å²) in [6.45, 7) is 5.10. The van der Waals surface area contributed by atoms with Gasteiger partial charge in [-0.05, 0) is 61.7 Å². The minimum atomic E-state index is -3.89. The van der Waals surface area contributed by atoms with Crippen LogP contribution in [0.2, 0.25) is 0 Å². The highest BCUT2D eigenvalue weighted by molar-refractivity contribution is 7.92. The Morgan fingerprint density at radius 2 is 1.71 bits per heavy atom. The summed E-state index contributed by atoms with van der Waals surface area (Å²) in [7, 11) is -3.89. The first-order valence-electron chi connectivity index (χ1n) is 6.36. The number of anilines is 2. The van der Waals surface area contributed by atoms with Crippen LogP contribution in [0.15, 0.2) is 35.2 Å². The monoisotopic (exact) mass is 308 g/mol. The van der Waals surface area contributed by atoms with Crippen molar-refractivity contribution in [2.45, 2.75) is 25.7 Å². The first-order valence-corrected chi connectivity index (χ1v) is 7.85. The molecule has 3 N–H and O–H groups in total. The van der Waals surface area contributed by atoms with Crippen molar-refractivity contribution in [3.8, 4) is 0 Å². The Kier molecular flexibility index (Phi) is 3.91. The van der Waals surface area contributed by atoms with E-state index in [0.29, 0.717) is 16.8 Å². The van der Waals surface area contributed by atoms with Crippen LogP contribution in [0, 0.1) is 26.6 Å². The van der Waals surface area contributed by atoms with Crippen LogP contribution in [-0.2, 0) is 10.0 Å². The molecule has 4 nitrogen and oxygen atoms in total. The topological polar surface area (TPSA) is 72.2 Å². The maximum Gasteiger partial charge on any atom is 0.262 e. The number of hydrogen-bond donors (Lipinski definition) is 2. The Balaban J connectivity index is 2.48. The number of nitrogen functional groups attached to an aromatic ring is 1. The van der Waals surface area contributed by atoms with Crippen LogP contribution in [0.25, 0.3) is 0 Å². The van der Waals surface area contributed by atoms with Crippen molar-refractivity contribution in [2.24, 2.45) is 0 Å². The Bertz CT molecular complexity index is 802. The van der Waals surface area contributed by atoms with E-state index in [1.807, 2.05) is 0 Å². The van der Waals surface area contributed by atoms with E-state index in [1.165, 1.54) is 18.2 Å². The van der Waals surface area contributed by atoms with E-state index in [1.54, 1.807) is 32.9 Å². The van der Waals surface area contributed by atoms with Crippen molar-refractivity contribution in [3.05, 3.63) is 52.8 Å². The zero-order valence-electron chi connectivity index (χ0n) is 12.1. The number of hydrogen-bond acceptors (Lipinski definition) is 3. The molecule has 2 aromatic carbocycles. The molecule has 0 saturated carbocycles. The summed E-state index contributed by atoms with van der Waals surface area (Å²) in [6, 6.07) is 7.52. The first kappa shape index (κ1) is 15.3. The molecule has 0 saturated heterocycles. The fourth-order valence-electron chi connectivity index (χ4n) is 2.03. The Morgan fingerprint density at radius 3 is 2.33 bits per heavy atom. The second-order valence-corrected chi connectivity index (χ2v) is 6.72. The lowest BCUT2D eigenvalue weighted by atomic mass is 10.1. The van der Waals surface area contributed by atoms with Gasteiger partial charge < -0.3 is 5.73 Å². The van der Waals surface area contributed by atoms with Gasteiger partial charge in [-0.25, -0.2) is 12.8 Å². The maximum absolute atomic E-state index is 13.8. The molecular formula is C15H17FN2O2S. The average Bonchev–Trinajstić information content (AvgIpc) is 2.37. The minimum absolute atomic E-state index is 0.0555. The van der Waals surface area contributed by atoms with Crippen molar-refractivity contribution in [1.29, 1.82) is 0 Å². The standard InChI is InChI=1S/C15H17FN2O2S/c1-9-4-5-14(12(16)6-9)18-21(19,20)15-8-10(2)7-13(17)11(15)3/h4-8,18H,17H2,1-3H3. The lowest BCUT2D eigenvalue weighted by molar-refractivity contribution is 0.598. The van der Waals surface area contributed by atoms with Gasteiger partial charge in [0.25, 0.3) is 10.0 Å². The molecular weight excluding hydrogens is 291 g/mol. The number of aryl methyl sites for hydroxylation is 2. The van der Waals surface area contributed by atoms with Crippen molar-refractivity contribution >= 4 is 21.4 Å². The summed E-state index contributed by atoms with van der Waals surface area (Å²) in [6.07, 6.45) is 0. The van der Waals surface area contributed by atoms with Gasteiger partial charge in [-0.1, -0.05) is 6.07 Å². The highest BCUT2D eigenvalue weighted by Crippen LogP contribution is 2.26. The molecule has 0 heterocycles.